The summed E-state index contributed by atoms with van der Waals surface area (Å²) in [6.07, 6.45) is 2.95. The number of rotatable bonds is 3. The molecule has 0 saturated heterocycles. The number of fused-ring (bicyclic) bond motifs is 2. The molecule has 3 atom stereocenters. The SMILES string of the molecule is O=C(O)C1CC2CCC1C2=C(c1ccccc1)c1ccccc1. The van der Waals surface area contributed by atoms with E-state index in [1.54, 1.807) is 0 Å². The topological polar surface area (TPSA) is 37.3 Å². The van der Waals surface area contributed by atoms with Crippen molar-refractivity contribution in [3.05, 3.63) is 77.4 Å². The van der Waals surface area contributed by atoms with Crippen molar-refractivity contribution in [2.75, 3.05) is 0 Å². The molecule has 2 fully saturated rings. The van der Waals surface area contributed by atoms with E-state index in [1.807, 2.05) is 12.1 Å². The highest BCUT2D eigenvalue weighted by atomic mass is 16.4. The predicted molar refractivity (Wildman–Crippen MR) is 90.9 cm³/mol. The van der Waals surface area contributed by atoms with Crippen molar-refractivity contribution < 1.29 is 9.90 Å². The zero-order valence-corrected chi connectivity index (χ0v) is 13.0. The summed E-state index contributed by atoms with van der Waals surface area (Å²) in [5, 5.41) is 9.55. The van der Waals surface area contributed by atoms with Crippen LogP contribution in [-0.2, 0) is 4.79 Å². The second-order valence-corrected chi connectivity index (χ2v) is 6.62. The summed E-state index contributed by atoms with van der Waals surface area (Å²) in [6.45, 7) is 0. The van der Waals surface area contributed by atoms with Crippen LogP contribution in [-0.4, -0.2) is 11.1 Å². The minimum atomic E-state index is -0.629. The highest BCUT2D eigenvalue weighted by Crippen LogP contribution is 2.55. The van der Waals surface area contributed by atoms with Gasteiger partial charge in [0.05, 0.1) is 5.92 Å². The molecule has 2 aromatic carbocycles. The highest BCUT2D eigenvalue weighted by Gasteiger charge is 2.48. The molecule has 0 amide bonds. The molecule has 2 aliphatic rings. The lowest BCUT2D eigenvalue weighted by Crippen LogP contribution is -2.20. The third-order valence-corrected chi connectivity index (χ3v) is 5.42. The number of aliphatic carboxylic acids is 1. The van der Waals surface area contributed by atoms with Crippen molar-refractivity contribution >= 4 is 11.5 Å². The fourth-order valence-corrected chi connectivity index (χ4v) is 4.50. The van der Waals surface area contributed by atoms with Crippen molar-refractivity contribution in [1.82, 2.24) is 0 Å². The molecule has 0 aliphatic heterocycles. The number of allylic oxidation sites excluding steroid dienone is 1. The van der Waals surface area contributed by atoms with Crippen LogP contribution in [0.15, 0.2) is 66.2 Å². The minimum absolute atomic E-state index is 0.202. The van der Waals surface area contributed by atoms with E-state index < -0.39 is 5.97 Å². The van der Waals surface area contributed by atoms with Crippen LogP contribution in [0.25, 0.3) is 5.57 Å². The smallest absolute Gasteiger partial charge is 0.307 e. The second kappa shape index (κ2) is 5.69. The predicted octanol–water partition coefficient (Wildman–Crippen LogP) is 4.62. The number of hydrogen-bond donors (Lipinski definition) is 1. The highest BCUT2D eigenvalue weighted by molar-refractivity contribution is 5.85. The van der Waals surface area contributed by atoms with Crippen molar-refractivity contribution in [3.63, 3.8) is 0 Å². The van der Waals surface area contributed by atoms with Gasteiger partial charge in [0.2, 0.25) is 0 Å². The van der Waals surface area contributed by atoms with Crippen molar-refractivity contribution in [3.8, 4) is 0 Å². The Kier molecular flexibility index (Phi) is 3.53. The molecule has 2 nitrogen and oxygen atoms in total. The van der Waals surface area contributed by atoms with E-state index in [2.05, 4.69) is 48.5 Å². The van der Waals surface area contributed by atoms with Crippen molar-refractivity contribution in [2.45, 2.75) is 19.3 Å². The zero-order valence-electron chi connectivity index (χ0n) is 13.0. The number of hydrogen-bond acceptors (Lipinski definition) is 1. The van der Waals surface area contributed by atoms with E-state index in [0.717, 1.165) is 19.3 Å². The molecule has 3 unspecified atom stereocenters. The summed E-state index contributed by atoms with van der Waals surface area (Å²) in [4.78, 5) is 11.6. The molecule has 0 aromatic heterocycles. The Balaban J connectivity index is 1.91. The van der Waals surface area contributed by atoms with Crippen LogP contribution in [0, 0.1) is 17.8 Å². The average Bonchev–Trinajstić information content (AvgIpc) is 3.15. The van der Waals surface area contributed by atoms with Crippen molar-refractivity contribution in [2.24, 2.45) is 17.8 Å². The second-order valence-electron chi connectivity index (χ2n) is 6.62. The molecule has 0 radical (unpaired) electrons. The normalized spacial score (nSPS) is 25.6. The minimum Gasteiger partial charge on any atom is -0.481 e. The van der Waals surface area contributed by atoms with Crippen LogP contribution in [0.3, 0.4) is 0 Å². The molecule has 116 valence electrons. The first-order valence-electron chi connectivity index (χ1n) is 8.33. The lowest BCUT2D eigenvalue weighted by molar-refractivity contribution is -0.143. The summed E-state index contributed by atoms with van der Waals surface area (Å²) in [5.41, 5.74) is 5.06. The van der Waals surface area contributed by atoms with E-state index in [4.69, 9.17) is 0 Å². The molecule has 0 spiro atoms. The van der Waals surface area contributed by atoms with Gasteiger partial charge in [0.25, 0.3) is 0 Å². The Hall–Kier alpha value is -2.35. The maximum absolute atomic E-state index is 11.6. The van der Waals surface area contributed by atoms with Gasteiger partial charge >= 0.3 is 5.97 Å². The van der Waals surface area contributed by atoms with Gasteiger partial charge in [0, 0.05) is 0 Å². The fourth-order valence-electron chi connectivity index (χ4n) is 4.50. The zero-order chi connectivity index (χ0) is 15.8. The van der Waals surface area contributed by atoms with Crippen LogP contribution in [0.1, 0.15) is 30.4 Å². The Morgan fingerprint density at radius 1 is 0.870 bits per heavy atom. The summed E-state index contributed by atoms with van der Waals surface area (Å²) in [7, 11) is 0. The summed E-state index contributed by atoms with van der Waals surface area (Å²) < 4.78 is 0. The number of carboxylic acid groups (broad SMARTS) is 1. The molecule has 1 N–H and O–H groups in total. The van der Waals surface area contributed by atoms with E-state index in [0.29, 0.717) is 5.92 Å². The van der Waals surface area contributed by atoms with Gasteiger partial charge in [0.1, 0.15) is 0 Å². The first-order valence-corrected chi connectivity index (χ1v) is 8.33. The molecule has 4 rings (SSSR count). The van der Waals surface area contributed by atoms with E-state index in [9.17, 15) is 9.90 Å². The van der Waals surface area contributed by atoms with Gasteiger partial charge in [-0.1, -0.05) is 66.2 Å². The molecule has 2 aliphatic carbocycles. The monoisotopic (exact) mass is 304 g/mol. The van der Waals surface area contributed by atoms with Crippen LogP contribution < -0.4 is 0 Å². The number of carboxylic acids is 1. The van der Waals surface area contributed by atoms with Gasteiger partial charge in [-0.25, -0.2) is 0 Å². The van der Waals surface area contributed by atoms with E-state index >= 15 is 0 Å². The number of benzene rings is 2. The lowest BCUT2D eigenvalue weighted by Gasteiger charge is -2.18. The quantitative estimate of drug-likeness (QED) is 0.898. The van der Waals surface area contributed by atoms with Crippen LogP contribution >= 0.6 is 0 Å². The molecule has 2 aromatic rings. The molecule has 2 bridgehead atoms. The van der Waals surface area contributed by atoms with E-state index in [1.165, 1.54) is 22.3 Å². The van der Waals surface area contributed by atoms with Crippen LogP contribution in [0.4, 0.5) is 0 Å². The van der Waals surface area contributed by atoms with Crippen molar-refractivity contribution in [1.29, 1.82) is 0 Å². The molecular formula is C21H20O2. The lowest BCUT2D eigenvalue weighted by atomic mass is 9.86. The molecule has 2 saturated carbocycles. The van der Waals surface area contributed by atoms with Gasteiger partial charge in [-0.05, 0) is 47.8 Å². The van der Waals surface area contributed by atoms with Gasteiger partial charge < -0.3 is 5.11 Å². The molecule has 0 heterocycles. The maximum Gasteiger partial charge on any atom is 0.307 e. The van der Waals surface area contributed by atoms with Gasteiger partial charge in [-0.3, -0.25) is 4.79 Å². The Labute approximate surface area is 136 Å². The van der Waals surface area contributed by atoms with Gasteiger partial charge in [-0.2, -0.15) is 0 Å². The summed E-state index contributed by atoms with van der Waals surface area (Å²) >= 11 is 0. The Morgan fingerprint density at radius 3 is 1.91 bits per heavy atom. The largest absolute Gasteiger partial charge is 0.481 e. The maximum atomic E-state index is 11.6. The average molecular weight is 304 g/mol. The van der Waals surface area contributed by atoms with Gasteiger partial charge in [-0.15, -0.1) is 0 Å². The van der Waals surface area contributed by atoms with E-state index in [-0.39, 0.29) is 11.8 Å². The molecular weight excluding hydrogens is 284 g/mol. The third kappa shape index (κ3) is 2.39. The molecule has 23 heavy (non-hydrogen) atoms. The first-order chi connectivity index (χ1) is 11.3. The Bertz CT molecular complexity index is 704. The Morgan fingerprint density at radius 2 is 1.43 bits per heavy atom. The summed E-state index contributed by atoms with van der Waals surface area (Å²) in [5.74, 6) is -0.203. The number of carbonyl (C=O) groups is 1. The fraction of sp³-hybridized carbons (Fsp3) is 0.286. The van der Waals surface area contributed by atoms with Crippen LogP contribution in [0.2, 0.25) is 0 Å². The van der Waals surface area contributed by atoms with Gasteiger partial charge in [0.15, 0.2) is 0 Å². The summed E-state index contributed by atoms with van der Waals surface area (Å²) in [6, 6.07) is 20.9. The standard InChI is InChI=1S/C21H20O2/c22-21(23)18-13-16-11-12-17(18)20(16)19(14-7-3-1-4-8-14)15-9-5-2-6-10-15/h1-10,16-18H,11-13H2,(H,22,23). The third-order valence-electron chi connectivity index (χ3n) is 5.42. The van der Waals surface area contributed by atoms with Crippen LogP contribution in [0.5, 0.6) is 0 Å². The molecule has 2 heteroatoms. The first kappa shape index (κ1) is 14.3.